The van der Waals surface area contributed by atoms with Crippen LogP contribution in [0.15, 0.2) is 18.2 Å². The summed E-state index contributed by atoms with van der Waals surface area (Å²) in [6.07, 6.45) is 0. The summed E-state index contributed by atoms with van der Waals surface area (Å²) >= 11 is 5.89. The van der Waals surface area contributed by atoms with E-state index >= 15 is 0 Å². The van der Waals surface area contributed by atoms with Gasteiger partial charge in [-0.1, -0.05) is 11.6 Å². The second-order valence-corrected chi connectivity index (χ2v) is 4.85. The molecule has 0 unspecified atom stereocenters. The molecule has 2 rings (SSSR count). The minimum atomic E-state index is -0.665. The van der Waals surface area contributed by atoms with Gasteiger partial charge in [0, 0.05) is 37.3 Å². The van der Waals surface area contributed by atoms with Crippen LogP contribution < -0.4 is 5.32 Å². The number of hydrogen-bond donors (Lipinski definition) is 1. The Morgan fingerprint density at radius 2 is 2.16 bits per heavy atom. The van der Waals surface area contributed by atoms with Gasteiger partial charge >= 0.3 is 0 Å². The molecule has 1 aliphatic heterocycles. The van der Waals surface area contributed by atoms with Crippen molar-refractivity contribution in [2.75, 3.05) is 32.9 Å². The predicted octanol–water partition coefficient (Wildman–Crippen LogP) is 2.16. The molecule has 1 aromatic rings. The lowest BCUT2D eigenvalue weighted by Crippen LogP contribution is -2.45. The largest absolute Gasteiger partial charge is 0.314 e. The van der Waals surface area contributed by atoms with Gasteiger partial charge in [-0.3, -0.25) is 15.0 Å². The number of halogens is 2. The number of nitrogens with zero attached hydrogens (tertiary/aromatic N) is 2. The minimum absolute atomic E-state index is 0.0782. The Labute approximate surface area is 115 Å². The number of nitro groups is 1. The molecule has 19 heavy (non-hydrogen) atoms. The Morgan fingerprint density at radius 1 is 1.47 bits per heavy atom. The van der Waals surface area contributed by atoms with Crippen molar-refractivity contribution in [3.05, 3.63) is 38.9 Å². The van der Waals surface area contributed by atoms with Gasteiger partial charge in [-0.2, -0.15) is 0 Å². The predicted molar refractivity (Wildman–Crippen MR) is 71.3 cm³/mol. The first-order valence-electron chi connectivity index (χ1n) is 6.08. The van der Waals surface area contributed by atoms with Crippen LogP contribution in [-0.4, -0.2) is 42.7 Å². The van der Waals surface area contributed by atoms with Gasteiger partial charge in [0.1, 0.15) is 6.67 Å². The lowest BCUT2D eigenvalue weighted by atomic mass is 10.0. The molecule has 5 nitrogen and oxygen atoms in total. The molecule has 0 aromatic heterocycles. The molecule has 1 N–H and O–H groups in total. The zero-order chi connectivity index (χ0) is 13.8. The Balaban J connectivity index is 2.35. The van der Waals surface area contributed by atoms with E-state index in [0.717, 1.165) is 13.1 Å². The summed E-state index contributed by atoms with van der Waals surface area (Å²) in [6, 6.07) is 3.67. The third kappa shape index (κ3) is 3.20. The van der Waals surface area contributed by atoms with E-state index in [4.69, 9.17) is 11.6 Å². The summed E-state index contributed by atoms with van der Waals surface area (Å²) in [4.78, 5) is 12.5. The Bertz CT molecular complexity index is 466. The molecule has 0 amide bonds. The van der Waals surface area contributed by atoms with Gasteiger partial charge < -0.3 is 5.32 Å². The van der Waals surface area contributed by atoms with E-state index in [-0.39, 0.29) is 5.69 Å². The SMILES string of the molecule is O=[N+]([O-])c1ccc(Cl)cc1[C@H](CF)N1CCNCC1. The van der Waals surface area contributed by atoms with E-state index < -0.39 is 17.6 Å². The lowest BCUT2D eigenvalue weighted by molar-refractivity contribution is -0.386. The van der Waals surface area contributed by atoms with Crippen molar-refractivity contribution in [2.45, 2.75) is 6.04 Å². The van der Waals surface area contributed by atoms with Crippen molar-refractivity contribution in [1.29, 1.82) is 0 Å². The monoisotopic (exact) mass is 287 g/mol. The molecule has 1 saturated heterocycles. The maximum atomic E-state index is 13.4. The smallest absolute Gasteiger partial charge is 0.274 e. The summed E-state index contributed by atoms with van der Waals surface area (Å²) in [5.74, 6) is 0. The molecule has 1 fully saturated rings. The molecule has 7 heteroatoms. The summed E-state index contributed by atoms with van der Waals surface area (Å²) in [5.41, 5.74) is 0.271. The summed E-state index contributed by atoms with van der Waals surface area (Å²) in [6.45, 7) is 2.17. The first-order chi connectivity index (χ1) is 9.13. The van der Waals surface area contributed by atoms with E-state index in [1.54, 1.807) is 0 Å². The first-order valence-corrected chi connectivity index (χ1v) is 6.46. The van der Waals surface area contributed by atoms with Crippen LogP contribution in [0.3, 0.4) is 0 Å². The van der Waals surface area contributed by atoms with Gasteiger partial charge in [-0.25, -0.2) is 4.39 Å². The van der Waals surface area contributed by atoms with Gasteiger partial charge in [0.2, 0.25) is 0 Å². The number of nitro benzene ring substituents is 1. The molecule has 1 atom stereocenters. The Hall–Kier alpha value is -1.24. The highest BCUT2D eigenvalue weighted by Crippen LogP contribution is 2.32. The van der Waals surface area contributed by atoms with Crippen LogP contribution in [-0.2, 0) is 0 Å². The minimum Gasteiger partial charge on any atom is -0.314 e. The molecule has 1 heterocycles. The number of rotatable bonds is 4. The molecule has 104 valence electrons. The Kier molecular flexibility index (Phi) is 4.68. The van der Waals surface area contributed by atoms with Gasteiger partial charge in [0.05, 0.1) is 16.5 Å². The maximum Gasteiger partial charge on any atom is 0.274 e. The van der Waals surface area contributed by atoms with Gasteiger partial charge in [-0.15, -0.1) is 0 Å². The third-order valence-electron chi connectivity index (χ3n) is 3.28. The standard InChI is InChI=1S/C12H15ClFN3O2/c13-9-1-2-11(17(18)19)10(7-9)12(8-14)16-5-3-15-4-6-16/h1-2,7,12,15H,3-6,8H2/t12-/m0/s1. The van der Waals surface area contributed by atoms with Crippen LogP contribution in [0.1, 0.15) is 11.6 Å². The molecule has 0 saturated carbocycles. The molecular weight excluding hydrogens is 273 g/mol. The van der Waals surface area contributed by atoms with Crippen molar-refractivity contribution in [2.24, 2.45) is 0 Å². The van der Waals surface area contributed by atoms with E-state index in [2.05, 4.69) is 5.32 Å². The fourth-order valence-corrected chi connectivity index (χ4v) is 2.51. The number of benzene rings is 1. The Morgan fingerprint density at radius 3 is 2.74 bits per heavy atom. The van der Waals surface area contributed by atoms with E-state index in [9.17, 15) is 14.5 Å². The van der Waals surface area contributed by atoms with Crippen molar-refractivity contribution in [3.8, 4) is 0 Å². The fourth-order valence-electron chi connectivity index (χ4n) is 2.33. The van der Waals surface area contributed by atoms with Gasteiger partial charge in [0.15, 0.2) is 0 Å². The van der Waals surface area contributed by atoms with Crippen LogP contribution >= 0.6 is 11.6 Å². The van der Waals surface area contributed by atoms with Gasteiger partial charge in [0.25, 0.3) is 5.69 Å². The molecular formula is C12H15ClFN3O2. The number of alkyl halides is 1. The fraction of sp³-hybridized carbons (Fsp3) is 0.500. The highest BCUT2D eigenvalue weighted by Gasteiger charge is 2.28. The van der Waals surface area contributed by atoms with Crippen molar-refractivity contribution in [1.82, 2.24) is 10.2 Å². The van der Waals surface area contributed by atoms with Crippen LogP contribution in [0, 0.1) is 10.1 Å². The molecule has 0 radical (unpaired) electrons. The van der Waals surface area contributed by atoms with Crippen LogP contribution in [0.4, 0.5) is 10.1 Å². The van der Waals surface area contributed by atoms with Crippen molar-refractivity contribution >= 4 is 17.3 Å². The number of hydrogen-bond acceptors (Lipinski definition) is 4. The zero-order valence-electron chi connectivity index (χ0n) is 10.3. The molecule has 1 aliphatic rings. The van der Waals surface area contributed by atoms with E-state index in [1.807, 2.05) is 4.90 Å². The lowest BCUT2D eigenvalue weighted by Gasteiger charge is -2.33. The highest BCUT2D eigenvalue weighted by molar-refractivity contribution is 6.30. The average Bonchev–Trinajstić information content (AvgIpc) is 2.40. The highest BCUT2D eigenvalue weighted by atomic mass is 35.5. The molecule has 0 aliphatic carbocycles. The van der Waals surface area contributed by atoms with Crippen LogP contribution in [0.5, 0.6) is 0 Å². The molecule has 0 bridgehead atoms. The molecule has 1 aromatic carbocycles. The first kappa shape index (κ1) is 14.2. The summed E-state index contributed by atoms with van der Waals surface area (Å²) in [7, 11) is 0. The maximum absolute atomic E-state index is 13.4. The van der Waals surface area contributed by atoms with Crippen molar-refractivity contribution in [3.63, 3.8) is 0 Å². The normalized spacial score (nSPS) is 18.2. The average molecular weight is 288 g/mol. The van der Waals surface area contributed by atoms with Crippen LogP contribution in [0.25, 0.3) is 0 Å². The quantitative estimate of drug-likeness (QED) is 0.681. The van der Waals surface area contributed by atoms with Crippen LogP contribution in [0.2, 0.25) is 5.02 Å². The van der Waals surface area contributed by atoms with Gasteiger partial charge in [-0.05, 0) is 12.1 Å². The second kappa shape index (κ2) is 6.27. The van der Waals surface area contributed by atoms with E-state index in [1.165, 1.54) is 18.2 Å². The summed E-state index contributed by atoms with van der Waals surface area (Å²) < 4.78 is 13.4. The number of nitrogens with one attached hydrogen (secondary N) is 1. The zero-order valence-corrected chi connectivity index (χ0v) is 11.1. The van der Waals surface area contributed by atoms with Crippen molar-refractivity contribution < 1.29 is 9.31 Å². The van der Waals surface area contributed by atoms with E-state index in [0.29, 0.717) is 23.7 Å². The topological polar surface area (TPSA) is 58.4 Å². The molecule has 0 spiro atoms. The second-order valence-electron chi connectivity index (χ2n) is 4.42. The summed E-state index contributed by atoms with van der Waals surface area (Å²) in [5, 5.41) is 14.6. The number of piperazine rings is 1. The third-order valence-corrected chi connectivity index (χ3v) is 3.52.